The van der Waals surface area contributed by atoms with E-state index in [1.807, 2.05) is 13.8 Å². The highest BCUT2D eigenvalue weighted by Gasteiger charge is 2.59. The van der Waals surface area contributed by atoms with Gasteiger partial charge >= 0.3 is 5.97 Å². The molecular weight excluding hydrogens is 590 g/mol. The number of rotatable bonds is 7. The van der Waals surface area contributed by atoms with Gasteiger partial charge in [0.15, 0.2) is 5.82 Å². The summed E-state index contributed by atoms with van der Waals surface area (Å²) in [5.74, 6) is -1.25. The molecule has 2 aromatic heterocycles. The van der Waals surface area contributed by atoms with Crippen LogP contribution < -0.4 is 0 Å². The quantitative estimate of drug-likeness (QED) is 0.216. The van der Waals surface area contributed by atoms with Gasteiger partial charge in [-0.2, -0.15) is 0 Å². The lowest BCUT2D eigenvalue weighted by Crippen LogP contribution is -2.45. The molecule has 2 saturated carbocycles. The van der Waals surface area contributed by atoms with E-state index in [2.05, 4.69) is 17.1 Å². The Morgan fingerprint density at radius 2 is 1.98 bits per heavy atom. The summed E-state index contributed by atoms with van der Waals surface area (Å²) in [6.45, 7) is 6.40. The van der Waals surface area contributed by atoms with Gasteiger partial charge in [0.05, 0.1) is 33.0 Å². The highest BCUT2D eigenvalue weighted by Crippen LogP contribution is 2.59. The molecular formula is C30H29Cl2FN2O5S. The third-order valence-electron chi connectivity index (χ3n) is 8.64. The van der Waals surface area contributed by atoms with Crippen LogP contribution in [0, 0.1) is 23.6 Å². The standard InChI is InChI=1S/C30H29Cl2FN2O5S/c1-13(2)27-18(25(35-40-27)24-20(31)5-4-6-21(24)32)12-39-17-10-16-7-14(3)19(11-17)30(16,38)29-34-26-22(33)8-15(28(36)37)9-23(26)41-29/h4-6,8-9,13-14,16-17,19,38H,7,10-12H2,1-3H3,(H,36,37)/t14-,16+,17+,19+,30-/m0/s1. The highest BCUT2D eigenvalue weighted by atomic mass is 35.5. The lowest BCUT2D eigenvalue weighted by atomic mass is 9.72. The SMILES string of the molecule is CC(C)c1onc(-c2c(Cl)cccc2Cl)c1CO[C@@H]1C[C@H]2C[C@H](C)[C@@H](C1)[C@]2(O)c1nc2c(F)cc(C(=O)O)cc2s1. The number of carboxylic acid groups (broad SMARTS) is 1. The number of thiazole rings is 1. The van der Waals surface area contributed by atoms with E-state index < -0.39 is 17.4 Å². The predicted molar refractivity (Wildman–Crippen MR) is 155 cm³/mol. The number of carboxylic acids is 1. The maximum Gasteiger partial charge on any atom is 0.335 e. The second-order valence-corrected chi connectivity index (χ2v) is 13.3. The van der Waals surface area contributed by atoms with Crippen LogP contribution in [0.25, 0.3) is 21.5 Å². The van der Waals surface area contributed by atoms with Crippen molar-refractivity contribution in [3.8, 4) is 11.3 Å². The Morgan fingerprint density at radius 1 is 1.24 bits per heavy atom. The molecule has 7 nitrogen and oxygen atoms in total. The van der Waals surface area contributed by atoms with Crippen molar-refractivity contribution in [3.63, 3.8) is 0 Å². The zero-order valence-corrected chi connectivity index (χ0v) is 25.0. The molecule has 0 spiro atoms. The number of aromatic nitrogens is 2. The Labute approximate surface area is 250 Å². The van der Waals surface area contributed by atoms with Gasteiger partial charge in [0.2, 0.25) is 0 Å². The fourth-order valence-corrected chi connectivity index (χ4v) is 8.53. The molecule has 6 rings (SSSR count). The van der Waals surface area contributed by atoms with Gasteiger partial charge in [-0.05, 0) is 61.3 Å². The van der Waals surface area contributed by atoms with Gasteiger partial charge in [-0.1, -0.05) is 55.2 Å². The molecule has 4 aromatic rings. The van der Waals surface area contributed by atoms with E-state index in [0.29, 0.717) is 49.6 Å². The first-order chi connectivity index (χ1) is 19.5. The molecule has 2 heterocycles. The maximum atomic E-state index is 14.7. The normalized spacial score (nSPS) is 25.9. The van der Waals surface area contributed by atoms with E-state index in [9.17, 15) is 19.4 Å². The smallest absolute Gasteiger partial charge is 0.335 e. The predicted octanol–water partition coefficient (Wildman–Crippen LogP) is 8.06. The molecule has 2 aliphatic carbocycles. The molecule has 2 N–H and O–H groups in total. The highest BCUT2D eigenvalue weighted by molar-refractivity contribution is 7.18. The monoisotopic (exact) mass is 618 g/mol. The molecule has 0 saturated heterocycles. The Hall–Kier alpha value is -2.56. The van der Waals surface area contributed by atoms with Crippen LogP contribution in [0.1, 0.15) is 72.6 Å². The van der Waals surface area contributed by atoms with E-state index in [1.54, 1.807) is 18.2 Å². The van der Waals surface area contributed by atoms with Gasteiger partial charge in [0, 0.05) is 17.0 Å². The van der Waals surface area contributed by atoms with Crippen molar-refractivity contribution >= 4 is 50.7 Å². The van der Waals surface area contributed by atoms with Crippen molar-refractivity contribution in [2.45, 2.75) is 64.3 Å². The van der Waals surface area contributed by atoms with Crippen LogP contribution in [-0.4, -0.2) is 32.4 Å². The van der Waals surface area contributed by atoms with Crippen molar-refractivity contribution in [2.75, 3.05) is 0 Å². The van der Waals surface area contributed by atoms with E-state index in [4.69, 9.17) is 32.5 Å². The lowest BCUT2D eigenvalue weighted by Gasteiger charge is -2.42. The number of fused-ring (bicyclic) bond motifs is 3. The Kier molecular flexibility index (Phi) is 7.39. The van der Waals surface area contributed by atoms with Crippen LogP contribution in [0.3, 0.4) is 0 Å². The van der Waals surface area contributed by atoms with Crippen molar-refractivity contribution in [1.29, 1.82) is 0 Å². The van der Waals surface area contributed by atoms with Crippen molar-refractivity contribution < 1.29 is 28.7 Å². The number of carbonyl (C=O) groups is 1. The summed E-state index contributed by atoms with van der Waals surface area (Å²) in [5, 5.41) is 27.2. The first kappa shape index (κ1) is 28.6. The first-order valence-corrected chi connectivity index (χ1v) is 15.2. The molecule has 2 fully saturated rings. The number of benzene rings is 2. The number of aromatic carboxylic acids is 1. The summed E-state index contributed by atoms with van der Waals surface area (Å²) < 4.78 is 27.4. The lowest BCUT2D eigenvalue weighted by molar-refractivity contribution is -0.120. The second-order valence-electron chi connectivity index (χ2n) is 11.5. The largest absolute Gasteiger partial charge is 0.478 e. The van der Waals surface area contributed by atoms with Gasteiger partial charge in [0.25, 0.3) is 0 Å². The zero-order chi connectivity index (χ0) is 29.2. The molecule has 2 bridgehead atoms. The summed E-state index contributed by atoms with van der Waals surface area (Å²) >= 11 is 14.2. The number of aliphatic hydroxyl groups is 1. The number of ether oxygens (including phenoxy) is 1. The fourth-order valence-electron chi connectivity index (χ4n) is 6.70. The molecule has 2 aromatic carbocycles. The van der Waals surface area contributed by atoms with Gasteiger partial charge in [-0.25, -0.2) is 14.2 Å². The molecule has 0 radical (unpaired) electrons. The van der Waals surface area contributed by atoms with E-state index in [-0.39, 0.29) is 47.5 Å². The molecule has 11 heteroatoms. The molecule has 5 atom stereocenters. The second kappa shape index (κ2) is 10.6. The Bertz CT molecular complexity index is 1640. The number of hydrogen-bond acceptors (Lipinski definition) is 7. The van der Waals surface area contributed by atoms with Crippen LogP contribution >= 0.6 is 34.5 Å². The Balaban J connectivity index is 1.27. The molecule has 0 aliphatic heterocycles. The van der Waals surface area contributed by atoms with Crippen LogP contribution in [0.4, 0.5) is 4.39 Å². The van der Waals surface area contributed by atoms with Gasteiger partial charge in [-0.15, -0.1) is 11.3 Å². The van der Waals surface area contributed by atoms with E-state index in [0.717, 1.165) is 18.1 Å². The molecule has 0 unspecified atom stereocenters. The van der Waals surface area contributed by atoms with Crippen LogP contribution in [0.15, 0.2) is 34.9 Å². The fraction of sp³-hybridized carbons (Fsp3) is 0.433. The van der Waals surface area contributed by atoms with Crippen molar-refractivity contribution in [2.24, 2.45) is 17.8 Å². The summed E-state index contributed by atoms with van der Waals surface area (Å²) in [4.78, 5) is 15.9. The van der Waals surface area contributed by atoms with Crippen LogP contribution in [-0.2, 0) is 16.9 Å². The Morgan fingerprint density at radius 3 is 2.63 bits per heavy atom. The van der Waals surface area contributed by atoms with E-state index >= 15 is 0 Å². The minimum Gasteiger partial charge on any atom is -0.478 e. The summed E-state index contributed by atoms with van der Waals surface area (Å²) in [6.07, 6.45) is 1.84. The van der Waals surface area contributed by atoms with Crippen LogP contribution in [0.2, 0.25) is 10.0 Å². The van der Waals surface area contributed by atoms with Gasteiger partial charge < -0.3 is 19.5 Å². The molecule has 216 valence electrons. The number of hydrogen-bond donors (Lipinski definition) is 2. The topological polar surface area (TPSA) is 106 Å². The van der Waals surface area contributed by atoms with Crippen molar-refractivity contribution in [1.82, 2.24) is 10.1 Å². The minimum absolute atomic E-state index is 0.0600. The summed E-state index contributed by atoms with van der Waals surface area (Å²) in [5.41, 5.74) is 0.670. The first-order valence-electron chi connectivity index (χ1n) is 13.6. The maximum absolute atomic E-state index is 14.7. The third kappa shape index (κ3) is 4.76. The summed E-state index contributed by atoms with van der Waals surface area (Å²) in [6, 6.07) is 7.68. The van der Waals surface area contributed by atoms with Crippen LogP contribution in [0.5, 0.6) is 0 Å². The zero-order valence-electron chi connectivity index (χ0n) is 22.7. The number of halogens is 3. The average molecular weight is 620 g/mol. The van der Waals surface area contributed by atoms with Crippen molar-refractivity contribution in [3.05, 3.63) is 68.1 Å². The van der Waals surface area contributed by atoms with Gasteiger partial charge in [-0.3, -0.25) is 0 Å². The average Bonchev–Trinajstić information content (AvgIpc) is 3.56. The minimum atomic E-state index is -1.24. The third-order valence-corrected chi connectivity index (χ3v) is 10.4. The van der Waals surface area contributed by atoms with E-state index in [1.165, 1.54) is 17.4 Å². The molecule has 41 heavy (non-hydrogen) atoms. The molecule has 0 amide bonds. The molecule has 2 aliphatic rings. The number of nitrogens with zero attached hydrogens (tertiary/aromatic N) is 2. The summed E-state index contributed by atoms with van der Waals surface area (Å²) in [7, 11) is 0. The van der Waals surface area contributed by atoms with Gasteiger partial charge in [0.1, 0.15) is 27.6 Å².